The third-order valence-corrected chi connectivity index (χ3v) is 7.32. The standard InChI is InChI=1S/C24H28N6OS/c1-15(2)30-12-9-18(28-30)21-16(3)20-23(29-11-6-7-17(13-29)14-31)26-22(27-24(20)32-21)19-8-4-5-10-25-19/h4-5,8-10,12,15,17,31H,6-7,11,13-14H2,1-3H3. The fourth-order valence-electron chi connectivity index (χ4n) is 4.35. The highest BCUT2D eigenvalue weighted by atomic mass is 32.1. The van der Waals surface area contributed by atoms with Crippen LogP contribution >= 0.6 is 11.3 Å². The number of hydrogen-bond donors (Lipinski definition) is 1. The lowest BCUT2D eigenvalue weighted by atomic mass is 9.98. The second-order valence-corrected chi connectivity index (χ2v) is 9.73. The highest BCUT2D eigenvalue weighted by Crippen LogP contribution is 2.42. The maximum Gasteiger partial charge on any atom is 0.181 e. The molecule has 5 heterocycles. The number of piperidine rings is 1. The summed E-state index contributed by atoms with van der Waals surface area (Å²) >= 11 is 1.66. The summed E-state index contributed by atoms with van der Waals surface area (Å²) in [6.07, 6.45) is 5.90. The zero-order chi connectivity index (χ0) is 22.2. The molecule has 8 heteroatoms. The molecule has 0 aromatic carbocycles. The van der Waals surface area contributed by atoms with E-state index in [-0.39, 0.29) is 12.5 Å². The highest BCUT2D eigenvalue weighted by Gasteiger charge is 2.26. The van der Waals surface area contributed by atoms with Gasteiger partial charge in [0.1, 0.15) is 22.0 Å². The number of aryl methyl sites for hydroxylation is 1. The Hall–Kier alpha value is -2.84. The Morgan fingerprint density at radius 1 is 1.19 bits per heavy atom. The third kappa shape index (κ3) is 3.78. The summed E-state index contributed by atoms with van der Waals surface area (Å²) in [6.45, 7) is 8.34. The molecular formula is C24H28N6OS. The number of aliphatic hydroxyl groups excluding tert-OH is 1. The first-order valence-corrected chi connectivity index (χ1v) is 12.0. The molecule has 7 nitrogen and oxygen atoms in total. The molecule has 0 aliphatic carbocycles. The van der Waals surface area contributed by atoms with E-state index in [0.717, 1.165) is 63.8 Å². The van der Waals surface area contributed by atoms with Gasteiger partial charge in [0, 0.05) is 38.1 Å². The Morgan fingerprint density at radius 3 is 2.78 bits per heavy atom. The van der Waals surface area contributed by atoms with Gasteiger partial charge in [-0.2, -0.15) is 5.10 Å². The van der Waals surface area contributed by atoms with Crippen molar-refractivity contribution in [1.29, 1.82) is 0 Å². The monoisotopic (exact) mass is 448 g/mol. The minimum atomic E-state index is 0.207. The second-order valence-electron chi connectivity index (χ2n) is 8.73. The van der Waals surface area contributed by atoms with Crippen molar-refractivity contribution < 1.29 is 5.11 Å². The van der Waals surface area contributed by atoms with Gasteiger partial charge in [0.15, 0.2) is 5.82 Å². The first-order valence-electron chi connectivity index (χ1n) is 11.2. The first kappa shape index (κ1) is 21.0. The van der Waals surface area contributed by atoms with E-state index in [2.05, 4.69) is 36.7 Å². The number of fused-ring (bicyclic) bond motifs is 1. The summed E-state index contributed by atoms with van der Waals surface area (Å²) in [5.41, 5.74) is 2.90. The largest absolute Gasteiger partial charge is 0.396 e. The van der Waals surface area contributed by atoms with E-state index in [1.54, 1.807) is 17.5 Å². The van der Waals surface area contributed by atoms with Gasteiger partial charge < -0.3 is 10.0 Å². The molecule has 4 aromatic rings. The predicted octanol–water partition coefficient (Wildman–Crippen LogP) is 4.71. The van der Waals surface area contributed by atoms with Crippen molar-refractivity contribution in [3.8, 4) is 22.1 Å². The molecule has 32 heavy (non-hydrogen) atoms. The smallest absolute Gasteiger partial charge is 0.181 e. The summed E-state index contributed by atoms with van der Waals surface area (Å²) in [6, 6.07) is 8.20. The van der Waals surface area contributed by atoms with Gasteiger partial charge in [0.05, 0.1) is 10.3 Å². The van der Waals surface area contributed by atoms with Crippen LogP contribution in [0.3, 0.4) is 0 Å². The molecule has 1 unspecified atom stereocenters. The van der Waals surface area contributed by atoms with Gasteiger partial charge in [-0.1, -0.05) is 6.07 Å². The Kier molecular flexibility index (Phi) is 5.65. The first-order chi connectivity index (χ1) is 15.5. The normalized spacial score (nSPS) is 16.9. The Labute approximate surface area is 191 Å². The van der Waals surface area contributed by atoms with Gasteiger partial charge in [-0.3, -0.25) is 9.67 Å². The predicted molar refractivity (Wildman–Crippen MR) is 129 cm³/mol. The van der Waals surface area contributed by atoms with E-state index < -0.39 is 0 Å². The molecule has 166 valence electrons. The van der Waals surface area contributed by atoms with Gasteiger partial charge >= 0.3 is 0 Å². The second kappa shape index (κ2) is 8.60. The van der Waals surface area contributed by atoms with Crippen LogP contribution in [0.25, 0.3) is 32.3 Å². The minimum absolute atomic E-state index is 0.207. The van der Waals surface area contributed by atoms with E-state index >= 15 is 0 Å². The molecule has 0 spiro atoms. The molecule has 1 N–H and O–H groups in total. The van der Waals surface area contributed by atoms with E-state index in [9.17, 15) is 5.11 Å². The quantitative estimate of drug-likeness (QED) is 0.476. The maximum absolute atomic E-state index is 9.78. The van der Waals surface area contributed by atoms with Gasteiger partial charge in [0.25, 0.3) is 0 Å². The van der Waals surface area contributed by atoms with E-state index in [0.29, 0.717) is 11.9 Å². The van der Waals surface area contributed by atoms with Gasteiger partial charge in [-0.15, -0.1) is 11.3 Å². The number of rotatable bonds is 5. The van der Waals surface area contributed by atoms with Crippen LogP contribution in [0.5, 0.6) is 0 Å². The van der Waals surface area contributed by atoms with Crippen LogP contribution in [-0.2, 0) is 0 Å². The van der Waals surface area contributed by atoms with Crippen LogP contribution in [-0.4, -0.2) is 49.5 Å². The average Bonchev–Trinajstić information content (AvgIpc) is 3.44. The highest BCUT2D eigenvalue weighted by molar-refractivity contribution is 7.22. The average molecular weight is 449 g/mol. The Bertz CT molecular complexity index is 1230. The summed E-state index contributed by atoms with van der Waals surface area (Å²) in [5.74, 6) is 1.85. The van der Waals surface area contributed by atoms with Gasteiger partial charge in [0.2, 0.25) is 0 Å². The van der Waals surface area contributed by atoms with Crippen molar-refractivity contribution in [2.24, 2.45) is 5.92 Å². The molecule has 1 saturated heterocycles. The molecule has 1 aliphatic heterocycles. The lowest BCUT2D eigenvalue weighted by Crippen LogP contribution is -2.37. The number of aliphatic hydroxyl groups is 1. The van der Waals surface area contributed by atoms with Crippen LogP contribution in [0.15, 0.2) is 36.7 Å². The maximum atomic E-state index is 9.78. The van der Waals surface area contributed by atoms with E-state index in [1.807, 2.05) is 29.1 Å². The molecule has 0 amide bonds. The van der Waals surface area contributed by atoms with Crippen molar-refractivity contribution in [3.05, 3.63) is 42.2 Å². The van der Waals surface area contributed by atoms with Crippen molar-refractivity contribution in [2.75, 3.05) is 24.6 Å². The van der Waals surface area contributed by atoms with E-state index in [4.69, 9.17) is 15.1 Å². The Morgan fingerprint density at radius 2 is 2.06 bits per heavy atom. The third-order valence-electron chi connectivity index (χ3n) is 6.11. The summed E-state index contributed by atoms with van der Waals surface area (Å²) in [7, 11) is 0. The number of thiophene rings is 1. The van der Waals surface area contributed by atoms with Crippen molar-refractivity contribution in [2.45, 2.75) is 39.7 Å². The minimum Gasteiger partial charge on any atom is -0.396 e. The number of nitrogens with zero attached hydrogens (tertiary/aromatic N) is 6. The van der Waals surface area contributed by atoms with E-state index in [1.165, 1.54) is 0 Å². The molecule has 0 saturated carbocycles. The summed E-state index contributed by atoms with van der Waals surface area (Å²) < 4.78 is 1.99. The number of pyridine rings is 1. The molecule has 5 rings (SSSR count). The topological polar surface area (TPSA) is 80.0 Å². The number of anilines is 1. The van der Waals surface area contributed by atoms with Crippen molar-refractivity contribution in [3.63, 3.8) is 0 Å². The zero-order valence-corrected chi connectivity index (χ0v) is 19.5. The lowest BCUT2D eigenvalue weighted by Gasteiger charge is -2.33. The number of hydrogen-bond acceptors (Lipinski definition) is 7. The fourth-order valence-corrected chi connectivity index (χ4v) is 5.49. The molecule has 4 aromatic heterocycles. The van der Waals surface area contributed by atoms with Crippen LogP contribution in [0.4, 0.5) is 5.82 Å². The van der Waals surface area contributed by atoms with Crippen LogP contribution < -0.4 is 4.90 Å². The molecule has 0 bridgehead atoms. The molecule has 1 atom stereocenters. The molecular weight excluding hydrogens is 420 g/mol. The number of aromatic nitrogens is 5. The SMILES string of the molecule is Cc1c(-c2ccn(C(C)C)n2)sc2nc(-c3ccccn3)nc(N3CCCC(CO)C3)c12. The Balaban J connectivity index is 1.69. The summed E-state index contributed by atoms with van der Waals surface area (Å²) in [4.78, 5) is 18.8. The lowest BCUT2D eigenvalue weighted by molar-refractivity contribution is 0.208. The van der Waals surface area contributed by atoms with Crippen LogP contribution in [0.1, 0.15) is 38.3 Å². The fraction of sp³-hybridized carbons (Fsp3) is 0.417. The van der Waals surface area contributed by atoms with Crippen molar-refractivity contribution >= 4 is 27.4 Å². The summed E-state index contributed by atoms with van der Waals surface area (Å²) in [5, 5.41) is 15.7. The molecule has 1 fully saturated rings. The van der Waals surface area contributed by atoms with Gasteiger partial charge in [-0.05, 0) is 63.3 Å². The zero-order valence-electron chi connectivity index (χ0n) is 18.7. The van der Waals surface area contributed by atoms with Crippen molar-refractivity contribution in [1.82, 2.24) is 24.7 Å². The molecule has 0 radical (unpaired) electrons. The van der Waals surface area contributed by atoms with Crippen LogP contribution in [0.2, 0.25) is 0 Å². The van der Waals surface area contributed by atoms with Crippen LogP contribution in [0, 0.1) is 12.8 Å². The van der Waals surface area contributed by atoms with Gasteiger partial charge in [-0.25, -0.2) is 9.97 Å². The molecule has 1 aliphatic rings.